The maximum Gasteiger partial charge on any atom is 0.122 e. The summed E-state index contributed by atoms with van der Waals surface area (Å²) >= 11 is 0. The van der Waals surface area contributed by atoms with Crippen LogP contribution in [-0.2, 0) is 0 Å². The van der Waals surface area contributed by atoms with E-state index in [1.165, 1.54) is 22.3 Å². The van der Waals surface area contributed by atoms with Gasteiger partial charge in [-0.15, -0.1) is 0 Å². The van der Waals surface area contributed by atoms with Crippen LogP contribution in [0.25, 0.3) is 0 Å². The van der Waals surface area contributed by atoms with Crippen LogP contribution < -0.4 is 20.1 Å². The smallest absolute Gasteiger partial charge is 0.122 e. The second-order valence-electron chi connectivity index (χ2n) is 8.79. The molecule has 0 bridgehead atoms. The predicted molar refractivity (Wildman–Crippen MR) is 152 cm³/mol. The van der Waals surface area contributed by atoms with Crippen LogP contribution >= 0.6 is 21.6 Å². The Balaban J connectivity index is 1.29. The van der Waals surface area contributed by atoms with Crippen molar-refractivity contribution in [2.75, 3.05) is 50.9 Å². The average Bonchev–Trinajstić information content (AvgIpc) is 2.82. The van der Waals surface area contributed by atoms with Gasteiger partial charge in [0.1, 0.15) is 11.5 Å². The molecule has 2 rings (SSSR count). The quantitative estimate of drug-likeness (QED) is 0.168. The number of ether oxygens (including phenoxy) is 2. The maximum atomic E-state index is 5.92. The first-order valence-corrected chi connectivity index (χ1v) is 15.1. The Morgan fingerprint density at radius 2 is 1.03 bits per heavy atom. The van der Waals surface area contributed by atoms with E-state index in [1.54, 1.807) is 0 Å². The molecule has 2 aromatic carbocycles. The third-order valence-corrected chi connectivity index (χ3v) is 7.91. The fourth-order valence-corrected chi connectivity index (χ4v) is 5.29. The van der Waals surface area contributed by atoms with Gasteiger partial charge in [0.15, 0.2) is 0 Å². The van der Waals surface area contributed by atoms with Gasteiger partial charge in [-0.1, -0.05) is 45.9 Å². The van der Waals surface area contributed by atoms with Crippen LogP contribution in [0.2, 0.25) is 0 Å². The van der Waals surface area contributed by atoms with Gasteiger partial charge in [-0.05, 0) is 101 Å². The van der Waals surface area contributed by atoms with E-state index in [9.17, 15) is 0 Å². The summed E-state index contributed by atoms with van der Waals surface area (Å²) in [5.41, 5.74) is 4.94. The van der Waals surface area contributed by atoms with Crippen LogP contribution in [-0.4, -0.2) is 50.9 Å². The zero-order valence-corrected chi connectivity index (χ0v) is 23.2. The van der Waals surface area contributed by atoms with Crippen molar-refractivity contribution in [2.24, 2.45) is 0 Å². The van der Waals surface area contributed by atoms with E-state index in [1.807, 2.05) is 21.6 Å². The molecule has 0 spiro atoms. The van der Waals surface area contributed by atoms with Crippen LogP contribution in [0, 0.1) is 27.7 Å². The van der Waals surface area contributed by atoms with Gasteiger partial charge in [0, 0.05) is 24.6 Å². The van der Waals surface area contributed by atoms with E-state index in [2.05, 4.69) is 74.7 Å². The van der Waals surface area contributed by atoms with Crippen molar-refractivity contribution in [1.29, 1.82) is 0 Å². The van der Waals surface area contributed by atoms with Crippen molar-refractivity contribution in [2.45, 2.75) is 53.4 Å². The third-order valence-electron chi connectivity index (χ3n) is 5.51. The number of unbranched alkanes of at least 4 members (excludes halogenated alkanes) is 2. The van der Waals surface area contributed by atoms with E-state index in [-0.39, 0.29) is 0 Å². The lowest BCUT2D eigenvalue weighted by Crippen LogP contribution is -2.19. The highest BCUT2D eigenvalue weighted by atomic mass is 33.1. The first-order chi connectivity index (χ1) is 16.6. The molecule has 0 atom stereocenters. The number of nitrogens with one attached hydrogen (secondary N) is 2. The SMILES string of the molecule is Cc1ccc(C)c(OCCCCNCCSSCCNCCCCOc2cc(C)ccc2C)c1. The molecule has 0 amide bonds. The molecule has 4 nitrogen and oxygen atoms in total. The van der Waals surface area contributed by atoms with Gasteiger partial charge < -0.3 is 20.1 Å². The molecule has 0 aliphatic carbocycles. The second-order valence-corrected chi connectivity index (χ2v) is 11.5. The van der Waals surface area contributed by atoms with Crippen LogP contribution in [0.1, 0.15) is 47.9 Å². The highest BCUT2D eigenvalue weighted by molar-refractivity contribution is 8.76. The normalized spacial score (nSPS) is 11.1. The summed E-state index contributed by atoms with van der Waals surface area (Å²) in [4.78, 5) is 0. The highest BCUT2D eigenvalue weighted by Crippen LogP contribution is 2.21. The van der Waals surface area contributed by atoms with E-state index < -0.39 is 0 Å². The van der Waals surface area contributed by atoms with Gasteiger partial charge in [-0.3, -0.25) is 0 Å². The van der Waals surface area contributed by atoms with Crippen molar-refractivity contribution in [3.63, 3.8) is 0 Å². The van der Waals surface area contributed by atoms with Gasteiger partial charge in [0.25, 0.3) is 0 Å². The largest absolute Gasteiger partial charge is 0.493 e. The average molecular weight is 505 g/mol. The zero-order chi connectivity index (χ0) is 24.4. The second kappa shape index (κ2) is 18.0. The predicted octanol–water partition coefficient (Wildman–Crippen LogP) is 6.50. The molecular weight excluding hydrogens is 460 g/mol. The summed E-state index contributed by atoms with van der Waals surface area (Å²) in [6.45, 7) is 14.3. The molecule has 6 heteroatoms. The molecule has 34 heavy (non-hydrogen) atoms. The fourth-order valence-electron chi connectivity index (χ4n) is 3.39. The number of aryl methyl sites for hydroxylation is 4. The van der Waals surface area contributed by atoms with Crippen molar-refractivity contribution in [3.8, 4) is 11.5 Å². The van der Waals surface area contributed by atoms with E-state index in [4.69, 9.17) is 9.47 Å². The number of hydrogen-bond donors (Lipinski definition) is 2. The Labute approximate surface area is 215 Å². The lowest BCUT2D eigenvalue weighted by atomic mass is 10.1. The van der Waals surface area contributed by atoms with Gasteiger partial charge >= 0.3 is 0 Å². The van der Waals surface area contributed by atoms with Crippen molar-refractivity contribution < 1.29 is 9.47 Å². The molecule has 0 unspecified atom stereocenters. The molecule has 2 aromatic rings. The van der Waals surface area contributed by atoms with Gasteiger partial charge in [0.05, 0.1) is 13.2 Å². The molecule has 190 valence electrons. The molecule has 2 N–H and O–H groups in total. The summed E-state index contributed by atoms with van der Waals surface area (Å²) in [5, 5.41) is 7.07. The summed E-state index contributed by atoms with van der Waals surface area (Å²) in [7, 11) is 3.93. The van der Waals surface area contributed by atoms with Gasteiger partial charge in [-0.2, -0.15) is 0 Å². The summed E-state index contributed by atoms with van der Waals surface area (Å²) in [6.07, 6.45) is 4.49. The van der Waals surface area contributed by atoms with Crippen LogP contribution in [0.3, 0.4) is 0 Å². The number of benzene rings is 2. The summed E-state index contributed by atoms with van der Waals surface area (Å²) < 4.78 is 11.8. The zero-order valence-electron chi connectivity index (χ0n) is 21.6. The number of hydrogen-bond acceptors (Lipinski definition) is 6. The minimum Gasteiger partial charge on any atom is -0.493 e. The minimum absolute atomic E-state index is 0.795. The van der Waals surface area contributed by atoms with Gasteiger partial charge in [0.2, 0.25) is 0 Å². The van der Waals surface area contributed by atoms with Crippen LogP contribution in [0.5, 0.6) is 11.5 Å². The molecule has 0 aromatic heterocycles. The van der Waals surface area contributed by atoms with Crippen molar-refractivity contribution in [3.05, 3.63) is 58.7 Å². The molecule has 0 heterocycles. The van der Waals surface area contributed by atoms with E-state index >= 15 is 0 Å². The van der Waals surface area contributed by atoms with Crippen LogP contribution in [0.15, 0.2) is 36.4 Å². The fraction of sp³-hybridized carbons (Fsp3) is 0.571. The minimum atomic E-state index is 0.795. The molecule has 0 aliphatic rings. The van der Waals surface area contributed by atoms with Crippen LogP contribution in [0.4, 0.5) is 0 Å². The Hall–Kier alpha value is -1.34. The summed E-state index contributed by atoms with van der Waals surface area (Å²) in [6, 6.07) is 12.8. The molecule has 0 saturated carbocycles. The van der Waals surface area contributed by atoms with E-state index in [0.717, 1.165) is 88.1 Å². The summed E-state index contributed by atoms with van der Waals surface area (Å²) in [5.74, 6) is 4.36. The van der Waals surface area contributed by atoms with E-state index in [0.29, 0.717) is 0 Å². The lowest BCUT2D eigenvalue weighted by molar-refractivity contribution is 0.304. The standard InChI is InChI=1S/C28H44N2O2S2/c1-23-9-11-25(3)27(21-23)31-17-7-5-13-29-15-19-33-34-20-16-30-14-6-8-18-32-28-22-24(2)10-12-26(28)4/h9-12,21-22,29-30H,5-8,13-20H2,1-4H3. The molecule has 0 saturated heterocycles. The molecular formula is C28H44N2O2S2. The monoisotopic (exact) mass is 504 g/mol. The Kier molecular flexibility index (Phi) is 15.3. The third kappa shape index (κ3) is 12.9. The molecule has 0 fully saturated rings. The maximum absolute atomic E-state index is 5.92. The first-order valence-electron chi connectivity index (χ1n) is 12.6. The number of rotatable bonds is 19. The van der Waals surface area contributed by atoms with Crippen molar-refractivity contribution >= 4 is 21.6 Å². The first kappa shape index (κ1) is 28.9. The highest BCUT2D eigenvalue weighted by Gasteiger charge is 2.01. The van der Waals surface area contributed by atoms with Gasteiger partial charge in [-0.25, -0.2) is 0 Å². The lowest BCUT2D eigenvalue weighted by Gasteiger charge is -2.10. The topological polar surface area (TPSA) is 42.5 Å². The Morgan fingerprint density at radius 1 is 0.588 bits per heavy atom. The Morgan fingerprint density at radius 3 is 1.47 bits per heavy atom. The van der Waals surface area contributed by atoms with Crippen molar-refractivity contribution in [1.82, 2.24) is 10.6 Å². The molecule has 0 aliphatic heterocycles. The molecule has 0 radical (unpaired) electrons. The Bertz CT molecular complexity index is 749.